The summed E-state index contributed by atoms with van der Waals surface area (Å²) in [6.45, 7) is 5.67. The van der Waals surface area contributed by atoms with Gasteiger partial charge in [0, 0.05) is 35.6 Å². The van der Waals surface area contributed by atoms with E-state index in [-0.39, 0.29) is 31.3 Å². The summed E-state index contributed by atoms with van der Waals surface area (Å²) >= 11 is 6.14. The summed E-state index contributed by atoms with van der Waals surface area (Å²) in [4.78, 5) is 53.7. The Morgan fingerprint density at radius 2 is 1.98 bits per heavy atom. The van der Waals surface area contributed by atoms with Crippen molar-refractivity contribution in [3.8, 4) is 0 Å². The molecule has 3 amide bonds. The highest BCUT2D eigenvalue weighted by atomic mass is 35.5. The molecule has 0 aromatic heterocycles. The van der Waals surface area contributed by atoms with Crippen molar-refractivity contribution < 1.29 is 37.1 Å². The van der Waals surface area contributed by atoms with Gasteiger partial charge in [0.2, 0.25) is 23.5 Å². The van der Waals surface area contributed by atoms with E-state index in [1.54, 1.807) is 24.3 Å². The second-order valence-electron chi connectivity index (χ2n) is 12.2. The van der Waals surface area contributed by atoms with Crippen molar-refractivity contribution >= 4 is 41.0 Å². The largest absolute Gasteiger partial charge is 0.461 e. The molecule has 0 unspecified atom stereocenters. The number of anilines is 1. The maximum absolute atomic E-state index is 15.3. The summed E-state index contributed by atoms with van der Waals surface area (Å²) in [5.41, 5.74) is 0.569. The van der Waals surface area contributed by atoms with Crippen LogP contribution in [0.2, 0.25) is 5.02 Å². The lowest BCUT2D eigenvalue weighted by molar-refractivity contribution is -0.194. The maximum Gasteiger partial charge on any atom is 0.366 e. The molecule has 3 aliphatic heterocycles. The van der Waals surface area contributed by atoms with Gasteiger partial charge >= 0.3 is 5.97 Å². The van der Waals surface area contributed by atoms with E-state index in [0.29, 0.717) is 36.5 Å². The van der Waals surface area contributed by atoms with Gasteiger partial charge in [0.1, 0.15) is 12.1 Å². The van der Waals surface area contributed by atoms with Crippen molar-refractivity contribution in [1.82, 2.24) is 15.5 Å². The summed E-state index contributed by atoms with van der Waals surface area (Å²) < 4.78 is 50.1. The molecule has 4 fully saturated rings. The lowest BCUT2D eigenvalue weighted by Gasteiger charge is -2.54. The Morgan fingerprint density at radius 1 is 1.23 bits per heavy atom. The third-order valence-corrected chi connectivity index (χ3v) is 8.71. The molecular formula is C31H40ClF3N4O5. The zero-order valence-corrected chi connectivity index (χ0v) is 25.8. The lowest BCUT2D eigenvalue weighted by Crippen LogP contribution is -2.70. The Labute approximate surface area is 260 Å². The van der Waals surface area contributed by atoms with Crippen molar-refractivity contribution in [2.24, 2.45) is 17.8 Å². The van der Waals surface area contributed by atoms with Gasteiger partial charge in [-0.25, -0.2) is 13.6 Å². The Balaban J connectivity index is 1.65. The van der Waals surface area contributed by atoms with Crippen LogP contribution in [0, 0.1) is 17.8 Å². The number of nitrogens with one attached hydrogen (secondary N) is 3. The average molecular weight is 641 g/mol. The molecule has 3 saturated heterocycles. The van der Waals surface area contributed by atoms with Crippen molar-refractivity contribution in [2.45, 2.75) is 89.4 Å². The topological polar surface area (TPSA) is 117 Å². The van der Waals surface area contributed by atoms with Crippen LogP contribution in [0.3, 0.4) is 0 Å². The quantitative estimate of drug-likeness (QED) is 0.227. The zero-order chi connectivity index (χ0) is 32.2. The minimum Gasteiger partial charge on any atom is -0.461 e. The lowest BCUT2D eigenvalue weighted by atomic mass is 9.71. The molecule has 4 aliphatic rings. The Kier molecular flexibility index (Phi) is 10.9. The number of alkyl halides is 2. The maximum atomic E-state index is 15.3. The molecule has 3 heterocycles. The second-order valence-corrected chi connectivity index (χ2v) is 12.6. The number of esters is 1. The Bertz CT molecular complexity index is 1280. The molecule has 0 spiro atoms. The van der Waals surface area contributed by atoms with Gasteiger partial charge in [-0.2, -0.15) is 4.39 Å². The summed E-state index contributed by atoms with van der Waals surface area (Å²) in [5, 5.41) is 8.90. The number of halogens is 4. The molecule has 3 N–H and O–H groups in total. The first-order chi connectivity index (χ1) is 20.8. The smallest absolute Gasteiger partial charge is 0.366 e. The Morgan fingerprint density at radius 3 is 2.59 bits per heavy atom. The second kappa shape index (κ2) is 14.2. The molecule has 0 radical (unpaired) electrons. The molecule has 44 heavy (non-hydrogen) atoms. The minimum absolute atomic E-state index is 0.0266. The van der Waals surface area contributed by atoms with Crippen LogP contribution in [0.1, 0.15) is 59.3 Å². The van der Waals surface area contributed by atoms with Crippen molar-refractivity contribution in [2.75, 3.05) is 18.5 Å². The van der Waals surface area contributed by atoms with Gasteiger partial charge in [-0.3, -0.25) is 14.4 Å². The van der Waals surface area contributed by atoms with E-state index in [0.717, 1.165) is 6.08 Å². The van der Waals surface area contributed by atoms with Crippen molar-refractivity contribution in [3.63, 3.8) is 0 Å². The summed E-state index contributed by atoms with van der Waals surface area (Å²) in [5.74, 6) is -9.42. The van der Waals surface area contributed by atoms with Crippen LogP contribution in [-0.4, -0.2) is 71.8 Å². The molecule has 9 nitrogen and oxygen atoms in total. The highest BCUT2D eigenvalue weighted by molar-refractivity contribution is 6.30. The zero-order valence-electron chi connectivity index (χ0n) is 25.1. The van der Waals surface area contributed by atoms with Gasteiger partial charge in [0.25, 0.3) is 5.92 Å². The fraction of sp³-hybridized carbons (Fsp3) is 0.613. The fourth-order valence-corrected chi connectivity index (χ4v) is 6.72. The summed E-state index contributed by atoms with van der Waals surface area (Å²) in [7, 11) is 0. The summed E-state index contributed by atoms with van der Waals surface area (Å²) in [6, 6.07) is 2.33. The number of benzene rings is 1. The minimum atomic E-state index is -3.21. The van der Waals surface area contributed by atoms with Crippen molar-refractivity contribution in [3.05, 3.63) is 41.2 Å². The van der Waals surface area contributed by atoms with Crippen molar-refractivity contribution in [1.29, 1.82) is 0 Å². The molecule has 5 rings (SSSR count). The number of hydrogen-bond acceptors (Lipinski definition) is 6. The van der Waals surface area contributed by atoms with E-state index >= 15 is 8.78 Å². The van der Waals surface area contributed by atoms with E-state index in [2.05, 4.69) is 16.0 Å². The molecule has 1 aromatic carbocycles. The van der Waals surface area contributed by atoms with Crippen LogP contribution in [0.5, 0.6) is 0 Å². The average Bonchev–Trinajstić information content (AvgIpc) is 3.35. The predicted octanol–water partition coefficient (Wildman–Crippen LogP) is 4.61. The van der Waals surface area contributed by atoms with Gasteiger partial charge in [0.05, 0.1) is 18.6 Å². The Hall–Kier alpha value is -3.28. The molecule has 1 saturated carbocycles. The number of nitrogens with zero attached hydrogens (tertiary/aromatic N) is 1. The van der Waals surface area contributed by atoms with Gasteiger partial charge in [-0.15, -0.1) is 0 Å². The molecule has 1 aromatic rings. The van der Waals surface area contributed by atoms with E-state index < -0.39 is 72.0 Å². The number of piperidine rings is 2. The monoisotopic (exact) mass is 640 g/mol. The van der Waals surface area contributed by atoms with Gasteiger partial charge in [-0.1, -0.05) is 31.5 Å². The van der Waals surface area contributed by atoms with Gasteiger partial charge < -0.3 is 25.6 Å². The first-order valence-electron chi connectivity index (χ1n) is 15.1. The number of carbonyl (C=O) groups is 4. The molecular weight excluding hydrogens is 601 g/mol. The molecule has 6 atom stereocenters. The van der Waals surface area contributed by atoms with Crippen LogP contribution in [0.15, 0.2) is 36.2 Å². The third-order valence-electron chi connectivity index (χ3n) is 8.48. The highest BCUT2D eigenvalue weighted by Gasteiger charge is 2.61. The fourth-order valence-electron chi connectivity index (χ4n) is 6.53. The number of hydrogen-bond donors (Lipinski definition) is 3. The normalized spacial score (nSPS) is 25.8. The van der Waals surface area contributed by atoms with E-state index in [1.807, 2.05) is 13.8 Å². The van der Waals surface area contributed by atoms with Crippen LogP contribution in [0.4, 0.5) is 18.9 Å². The van der Waals surface area contributed by atoms with E-state index in [4.69, 9.17) is 16.3 Å². The number of amides is 3. The molecule has 1 aliphatic carbocycles. The standard InChI is InChI=1S/C31H40ClF3N4O5/c1-4-44-30(43)24(33)15-21(13-18-10-11-36-27(18)40)38-28(41)26-23-9-8-22(16-31(23,34)35)39(26)29(42)25(12-17(2)3)37-20-7-5-6-19(32)14-20/h5-7,14-15,17-18,21-23,25-26,37H,4,8-13,16H2,1-3H3,(H,36,40)(H,38,41)/b24-15+/t18-,21-,22-,23-,25+,26+/m1/s1. The number of ether oxygens (including phenoxy) is 1. The van der Waals surface area contributed by atoms with E-state index in [1.165, 1.54) is 11.8 Å². The van der Waals surface area contributed by atoms with E-state index in [9.17, 15) is 23.6 Å². The third kappa shape index (κ3) is 7.86. The number of rotatable bonds is 12. The molecule has 13 heteroatoms. The molecule has 2 bridgehead atoms. The summed E-state index contributed by atoms with van der Waals surface area (Å²) in [6.07, 6.45) is 1.32. The number of carbonyl (C=O) groups excluding carboxylic acids is 4. The van der Waals surface area contributed by atoms with Crippen LogP contribution in [0.25, 0.3) is 0 Å². The SMILES string of the molecule is CCOC(=O)/C(F)=C\[C@@H](C[C@H]1CCNC1=O)NC(=O)[C@@H]1[C@H]2CC[C@H](CC2(F)F)N1C(=O)[C@H](CC(C)C)Nc1cccc(Cl)c1. The number of fused-ring (bicyclic) bond motifs is 3. The highest BCUT2D eigenvalue weighted by Crippen LogP contribution is 2.49. The first-order valence-corrected chi connectivity index (χ1v) is 15.5. The van der Waals surface area contributed by atoms with Crippen LogP contribution >= 0.6 is 11.6 Å². The van der Waals surface area contributed by atoms with Crippen LogP contribution in [-0.2, 0) is 23.9 Å². The first kappa shape index (κ1) is 33.6. The molecule has 242 valence electrons. The predicted molar refractivity (Wildman–Crippen MR) is 159 cm³/mol. The van der Waals surface area contributed by atoms with Crippen LogP contribution < -0.4 is 16.0 Å². The van der Waals surface area contributed by atoms with Gasteiger partial charge in [0.15, 0.2) is 0 Å². The van der Waals surface area contributed by atoms with Gasteiger partial charge in [-0.05, 0) is 69.2 Å².